The van der Waals surface area contributed by atoms with Gasteiger partial charge < -0.3 is 10.8 Å². The van der Waals surface area contributed by atoms with Crippen molar-refractivity contribution in [3.8, 4) is 0 Å². The summed E-state index contributed by atoms with van der Waals surface area (Å²) in [6, 6.07) is 33.0. The lowest BCUT2D eigenvalue weighted by atomic mass is 9.87. The third-order valence-corrected chi connectivity index (χ3v) is 27.6. The van der Waals surface area contributed by atoms with Crippen LogP contribution in [0.3, 0.4) is 0 Å². The highest BCUT2D eigenvalue weighted by atomic mass is 79.9. The zero-order chi connectivity index (χ0) is 69.5. The van der Waals surface area contributed by atoms with Crippen LogP contribution in [0.15, 0.2) is 182 Å². The summed E-state index contributed by atoms with van der Waals surface area (Å²) in [4.78, 5) is 14.2. The molecule has 0 atom stereocenters. The molecule has 0 saturated heterocycles. The third kappa shape index (κ3) is 24.4. The molecular formula is C64H82BrNO14S12. The van der Waals surface area contributed by atoms with Crippen molar-refractivity contribution >= 4 is 151 Å². The smallest absolute Gasteiger partial charge is 0.216 e. The van der Waals surface area contributed by atoms with E-state index in [9.17, 15) is 55.3 Å². The number of carbonyl (C=O) groups excluding carboxylic acids is 1. The van der Waals surface area contributed by atoms with Crippen LogP contribution in [0.5, 0.6) is 0 Å². The first-order valence-corrected chi connectivity index (χ1v) is 43.2. The number of thiophene rings is 4. The van der Waals surface area contributed by atoms with E-state index in [-0.39, 0.29) is 64.8 Å². The largest absolute Gasteiger partial charge is 0.391 e. The molecule has 8 rings (SSSR count). The average molecular weight is 1550 g/mol. The van der Waals surface area contributed by atoms with Crippen LogP contribution >= 0.6 is 85.7 Å². The predicted octanol–water partition coefficient (Wildman–Crippen LogP) is 15.8. The lowest BCUT2D eigenvalue weighted by molar-refractivity contribution is 0.112. The molecule has 8 aromatic rings. The Morgan fingerprint density at radius 1 is 0.489 bits per heavy atom. The van der Waals surface area contributed by atoms with Crippen LogP contribution in [-0.4, -0.2) is 86.9 Å². The molecule has 0 saturated carbocycles. The summed E-state index contributed by atoms with van der Waals surface area (Å²) in [7, 11) is -21.1. The van der Waals surface area contributed by atoms with Gasteiger partial charge in [0.05, 0.1) is 49.3 Å². The highest BCUT2D eigenvalue weighted by Crippen LogP contribution is 2.39. The zero-order valence-corrected chi connectivity index (χ0v) is 64.7. The minimum absolute atomic E-state index is 0. The quantitative estimate of drug-likeness (QED) is 0.0715. The molecule has 0 bridgehead atoms. The predicted molar refractivity (Wildman–Crippen MR) is 386 cm³/mol. The van der Waals surface area contributed by atoms with Gasteiger partial charge in [0.15, 0.2) is 45.6 Å². The van der Waals surface area contributed by atoms with Crippen LogP contribution in [0.2, 0.25) is 0 Å². The van der Waals surface area contributed by atoms with Gasteiger partial charge in [0.1, 0.15) is 8.42 Å². The van der Waals surface area contributed by atoms with Gasteiger partial charge in [0, 0.05) is 50.7 Å². The molecule has 0 aliphatic rings. The fourth-order valence-electron chi connectivity index (χ4n) is 7.51. The van der Waals surface area contributed by atoms with Gasteiger partial charge in [-0.15, -0.1) is 58.0 Å². The number of nitrogens with two attached hydrogens (primary N) is 1. The maximum atomic E-state index is 12.9. The van der Waals surface area contributed by atoms with Gasteiger partial charge in [-0.25, -0.2) is 50.5 Å². The number of sulfone groups is 6. The van der Waals surface area contributed by atoms with Gasteiger partial charge in [0.2, 0.25) is 19.7 Å². The van der Waals surface area contributed by atoms with Gasteiger partial charge in [-0.3, -0.25) is 4.79 Å². The van der Waals surface area contributed by atoms with Gasteiger partial charge in [-0.1, -0.05) is 124 Å². The van der Waals surface area contributed by atoms with E-state index < -0.39 is 64.4 Å². The summed E-state index contributed by atoms with van der Waals surface area (Å²) in [5.74, 6) is 0. The van der Waals surface area contributed by atoms with E-state index in [1.807, 2.05) is 77.3 Å². The molecular weight excluding hydrogens is 1470 g/mol. The number of hydrogen-bond donors (Lipinski definition) is 3. The van der Waals surface area contributed by atoms with E-state index in [2.05, 4.69) is 70.1 Å². The molecule has 0 spiro atoms. The third-order valence-electron chi connectivity index (χ3n) is 12.9. The Labute approximate surface area is 580 Å². The Morgan fingerprint density at radius 2 is 0.859 bits per heavy atom. The lowest BCUT2D eigenvalue weighted by Crippen LogP contribution is -2.14. The van der Waals surface area contributed by atoms with Crippen molar-refractivity contribution in [2.75, 3.05) is 25.0 Å². The second-order valence-electron chi connectivity index (χ2n) is 25.0. The van der Waals surface area contributed by atoms with Gasteiger partial charge in [-0.2, -0.15) is 0 Å². The fourth-order valence-corrected chi connectivity index (χ4v) is 19.3. The molecule has 0 aliphatic heterocycles. The summed E-state index contributed by atoms with van der Waals surface area (Å²) in [5, 5.41) is 11.1. The molecule has 3 N–H and O–H groups in total. The summed E-state index contributed by atoms with van der Waals surface area (Å²) in [6.45, 7) is 23.7. The number of thiol groups is 1. The number of carbonyl (C=O) groups is 1. The Morgan fingerprint density at radius 3 is 1.17 bits per heavy atom. The number of aliphatic hydroxyl groups excluding tert-OH is 1. The number of benzene rings is 4. The number of rotatable bonds is 13. The van der Waals surface area contributed by atoms with Crippen LogP contribution in [0, 0.1) is 0 Å². The first kappa shape index (κ1) is 82.4. The van der Waals surface area contributed by atoms with Crippen molar-refractivity contribution < 1.29 is 60.4 Å². The van der Waals surface area contributed by atoms with Crippen molar-refractivity contribution in [3.05, 3.63) is 168 Å². The molecule has 0 unspecified atom stereocenters. The topological polar surface area (TPSA) is 268 Å². The molecule has 4 aromatic carbocycles. The summed E-state index contributed by atoms with van der Waals surface area (Å²) in [6.07, 6.45) is 5.39. The molecule has 506 valence electrons. The summed E-state index contributed by atoms with van der Waals surface area (Å²) in [5.41, 5.74) is 7.83. The van der Waals surface area contributed by atoms with Crippen LogP contribution in [0.25, 0.3) is 0 Å². The first-order chi connectivity index (χ1) is 41.3. The molecule has 4 aromatic heterocycles. The fraction of sp³-hybridized carbons (Fsp3) is 0.359. The SMILES string of the molecule is C.CC(C)(C)c1cc(Br)cc(S(C)(=O)=O)c1.CC(C)(C)c1cc(S(C)(=O)=O)cc(S(=O)(=O)c2ccc(CN)s2)c1.CC(C)(C)c1cc(S(C)(=O)=O)cc(S(=O)(=O)c2ccc(CO)s2)c1.CC(C)(C)c1cc(Sc2ccc(C=O)s2)cc(S(C)(=O)=O)c1.Sc1cccs1. The van der Waals surface area contributed by atoms with E-state index in [1.165, 1.54) is 78.1 Å². The number of halogens is 1. The van der Waals surface area contributed by atoms with Crippen molar-refractivity contribution in [2.45, 2.75) is 176 Å². The molecule has 0 aliphatic carbocycles. The van der Waals surface area contributed by atoms with E-state index in [0.29, 0.717) is 30.7 Å². The van der Waals surface area contributed by atoms with Gasteiger partial charge in [0.25, 0.3) is 0 Å². The number of aldehydes is 1. The zero-order valence-electron chi connectivity index (χ0n) is 53.3. The van der Waals surface area contributed by atoms with Crippen LogP contribution in [-0.2, 0) is 93.8 Å². The Bertz CT molecular complexity index is 4420. The second-order valence-corrected chi connectivity index (χ2v) is 44.9. The van der Waals surface area contributed by atoms with Gasteiger partial charge in [-0.05, 0) is 165 Å². The highest BCUT2D eigenvalue weighted by molar-refractivity contribution is 9.10. The molecule has 15 nitrogen and oxygen atoms in total. The molecule has 4 heterocycles. The monoisotopic (exact) mass is 1550 g/mol. The first-order valence-electron chi connectivity index (χ1n) is 27.3. The van der Waals surface area contributed by atoms with E-state index in [1.54, 1.807) is 59.9 Å². The molecule has 92 heavy (non-hydrogen) atoms. The normalized spacial score (nSPS) is 12.5. The van der Waals surface area contributed by atoms with E-state index in [0.717, 1.165) is 75.3 Å². The standard InChI is InChI=1S/C16H21NO4S3.C16H20O5S3.C16H18O3S3.C11H15BrO2S.C4H4S2.CH4/c2*1-16(2,3)11-7-13(23(4,18)19)9-14(8-11)24(20,21)15-6-5-12(10-17)22-15;1-16(2,3)11-7-13(9-14(8-11)22(4,18)19)21-15-6-5-12(10-17)20-15;1-11(2,3)8-5-9(12)7-10(6-8)15(4,13)14;5-4-2-1-3-6-4;/h5-9H,10,17H2,1-4H3;5-9,17H,10H2,1-4H3;5-10H,1-4H3;5-7H,1-4H3;1-3,5H;1H4. The molecule has 28 heteroatoms. The number of hydrogen-bond acceptors (Lipinski definition) is 21. The minimum Gasteiger partial charge on any atom is -0.391 e. The molecule has 0 fully saturated rings. The maximum Gasteiger partial charge on any atom is 0.216 e. The number of aliphatic hydroxyl groups is 1. The highest BCUT2D eigenvalue weighted by Gasteiger charge is 2.29. The lowest BCUT2D eigenvalue weighted by Gasteiger charge is -2.21. The minimum atomic E-state index is -3.85. The average Bonchev–Trinajstić information content (AvgIpc) is 1.18. The second kappa shape index (κ2) is 32.0. The van der Waals surface area contributed by atoms with Crippen molar-refractivity contribution in [1.82, 2.24) is 0 Å². The summed E-state index contributed by atoms with van der Waals surface area (Å²) >= 11 is 14.0. The van der Waals surface area contributed by atoms with E-state index in [4.69, 9.17) is 10.8 Å². The summed E-state index contributed by atoms with van der Waals surface area (Å²) < 4.78 is 149. The van der Waals surface area contributed by atoms with Crippen molar-refractivity contribution in [2.24, 2.45) is 5.73 Å². The Kier molecular flexibility index (Phi) is 28.7. The Hall–Kier alpha value is -3.85. The molecule has 0 radical (unpaired) electrons. The molecule has 0 amide bonds. The van der Waals surface area contributed by atoms with Gasteiger partial charge >= 0.3 is 0 Å². The Balaban J connectivity index is 0.000000312. The van der Waals surface area contributed by atoms with E-state index >= 15 is 0 Å². The van der Waals surface area contributed by atoms with Crippen molar-refractivity contribution in [1.29, 1.82) is 0 Å². The van der Waals surface area contributed by atoms with Crippen LogP contribution in [0.1, 0.15) is 132 Å². The maximum absolute atomic E-state index is 12.9. The van der Waals surface area contributed by atoms with Crippen molar-refractivity contribution in [3.63, 3.8) is 0 Å². The van der Waals surface area contributed by atoms with Crippen LogP contribution in [0.4, 0.5) is 0 Å². The van der Waals surface area contributed by atoms with Crippen LogP contribution < -0.4 is 5.73 Å².